The van der Waals surface area contributed by atoms with Crippen LogP contribution in [-0.4, -0.2) is 26.8 Å². The molecule has 0 aliphatic rings. The van der Waals surface area contributed by atoms with Gasteiger partial charge >= 0.3 is 0 Å². The molecule has 2 rings (SSSR count). The Bertz CT molecular complexity index is 654. The first-order valence-corrected chi connectivity index (χ1v) is 7.43. The smallest absolute Gasteiger partial charge is 0.147 e. The number of nitrogens with zero attached hydrogens (tertiary/aromatic N) is 2. The molecular weight excluding hydrogens is 394 g/mol. The third kappa shape index (κ3) is 7.79. The number of aliphatic hydroxyl groups excluding tert-OH is 2. The second kappa shape index (κ2) is 12.5. The summed E-state index contributed by atoms with van der Waals surface area (Å²) in [6.45, 7) is 3.20. The van der Waals surface area contributed by atoms with Gasteiger partial charge in [0.05, 0.1) is 16.7 Å². The third-order valence-corrected chi connectivity index (χ3v) is 3.80. The first-order chi connectivity index (χ1) is 10.4. The standard InChI is InChI=1S/C7H7Cl2NO2.C7H5Cl2N.2CH4/c8-5-1-4(6(12)3-11)2-10-7(5)9;1-2-5-3-6(8)7(9)10-4-5;;/h1-2,6,11-12H,3H2;2-4H,1H2;2*1H4/t6-;;;/m1.../s1. The molecule has 0 amide bonds. The van der Waals surface area contributed by atoms with Gasteiger partial charge in [0, 0.05) is 18.0 Å². The molecule has 2 aromatic heterocycles. The van der Waals surface area contributed by atoms with Gasteiger partial charge in [-0.25, -0.2) is 9.97 Å². The number of hydrogen-bond acceptors (Lipinski definition) is 4. The van der Waals surface area contributed by atoms with Crippen molar-refractivity contribution in [3.63, 3.8) is 0 Å². The first-order valence-electron chi connectivity index (χ1n) is 5.92. The van der Waals surface area contributed by atoms with Gasteiger partial charge in [0.15, 0.2) is 0 Å². The molecule has 0 bridgehead atoms. The number of pyridine rings is 2. The van der Waals surface area contributed by atoms with Crippen LogP contribution in [0.2, 0.25) is 20.4 Å². The SMILES string of the molecule is C.C.C=Cc1cnc(Cl)c(Cl)c1.OC[C@@H](O)c1cnc(Cl)c(Cl)c1. The number of aliphatic hydroxyl groups is 2. The van der Waals surface area contributed by atoms with Crippen LogP contribution in [0, 0.1) is 0 Å². The molecule has 2 heterocycles. The number of halogens is 4. The van der Waals surface area contributed by atoms with Crippen molar-refractivity contribution in [3.8, 4) is 0 Å². The van der Waals surface area contributed by atoms with Gasteiger partial charge < -0.3 is 10.2 Å². The van der Waals surface area contributed by atoms with E-state index in [2.05, 4.69) is 16.5 Å². The largest absolute Gasteiger partial charge is 0.393 e. The van der Waals surface area contributed by atoms with E-state index in [9.17, 15) is 0 Å². The molecule has 1 atom stereocenters. The fourth-order valence-corrected chi connectivity index (χ4v) is 1.83. The monoisotopic (exact) mass is 412 g/mol. The van der Waals surface area contributed by atoms with Crippen LogP contribution in [0.5, 0.6) is 0 Å². The van der Waals surface area contributed by atoms with Crippen LogP contribution >= 0.6 is 46.4 Å². The van der Waals surface area contributed by atoms with Gasteiger partial charge in [-0.2, -0.15) is 0 Å². The normalized spacial score (nSPS) is 10.4. The van der Waals surface area contributed by atoms with Gasteiger partial charge in [-0.05, 0) is 17.7 Å². The summed E-state index contributed by atoms with van der Waals surface area (Å²) in [5, 5.41) is 19.0. The average molecular weight is 414 g/mol. The topological polar surface area (TPSA) is 66.2 Å². The Morgan fingerprint density at radius 2 is 1.50 bits per heavy atom. The highest BCUT2D eigenvalue weighted by molar-refractivity contribution is 6.41. The summed E-state index contributed by atoms with van der Waals surface area (Å²) in [4.78, 5) is 7.52. The van der Waals surface area contributed by atoms with Crippen molar-refractivity contribution < 1.29 is 10.2 Å². The Balaban J connectivity index is 0. The lowest BCUT2D eigenvalue weighted by Gasteiger charge is -2.06. The molecule has 2 N–H and O–H groups in total. The lowest BCUT2D eigenvalue weighted by molar-refractivity contribution is 0.0953. The number of aromatic nitrogens is 2. The van der Waals surface area contributed by atoms with Crippen molar-refractivity contribution >= 4 is 52.5 Å². The van der Waals surface area contributed by atoms with Crippen LogP contribution in [-0.2, 0) is 0 Å². The van der Waals surface area contributed by atoms with E-state index in [1.54, 1.807) is 18.3 Å². The van der Waals surface area contributed by atoms with Gasteiger partial charge in [0.1, 0.15) is 16.4 Å². The average Bonchev–Trinajstić information content (AvgIpc) is 2.52. The highest BCUT2D eigenvalue weighted by Gasteiger charge is 2.08. The van der Waals surface area contributed by atoms with Crippen LogP contribution in [0.4, 0.5) is 0 Å². The lowest BCUT2D eigenvalue weighted by Crippen LogP contribution is -2.02. The minimum atomic E-state index is -0.952. The lowest BCUT2D eigenvalue weighted by atomic mass is 10.2. The molecule has 0 fully saturated rings. The molecule has 134 valence electrons. The molecular formula is C16H20Cl4N2O2. The van der Waals surface area contributed by atoms with Gasteiger partial charge in [0.25, 0.3) is 0 Å². The van der Waals surface area contributed by atoms with Crippen LogP contribution in [0.1, 0.15) is 32.1 Å². The third-order valence-electron chi connectivity index (χ3n) is 2.43. The second-order valence-corrected chi connectivity index (χ2v) is 5.52. The van der Waals surface area contributed by atoms with Crippen molar-refractivity contribution in [2.45, 2.75) is 21.0 Å². The van der Waals surface area contributed by atoms with E-state index >= 15 is 0 Å². The Morgan fingerprint density at radius 1 is 1.00 bits per heavy atom. The van der Waals surface area contributed by atoms with E-state index in [0.717, 1.165) is 5.56 Å². The molecule has 0 radical (unpaired) electrons. The maximum atomic E-state index is 9.15. The van der Waals surface area contributed by atoms with E-state index < -0.39 is 6.10 Å². The predicted molar refractivity (Wildman–Crippen MR) is 104 cm³/mol. The van der Waals surface area contributed by atoms with E-state index in [1.807, 2.05) is 0 Å². The second-order valence-electron chi connectivity index (χ2n) is 3.99. The van der Waals surface area contributed by atoms with Crippen LogP contribution < -0.4 is 0 Å². The van der Waals surface area contributed by atoms with Crippen LogP contribution in [0.25, 0.3) is 6.08 Å². The van der Waals surface area contributed by atoms with Crippen molar-refractivity contribution in [2.75, 3.05) is 6.61 Å². The summed E-state index contributed by atoms with van der Waals surface area (Å²) in [6, 6.07) is 3.18. The Morgan fingerprint density at radius 3 is 1.92 bits per heavy atom. The first kappa shape index (κ1) is 25.4. The fraction of sp³-hybridized carbons (Fsp3) is 0.250. The number of hydrogen-bond donors (Lipinski definition) is 2. The summed E-state index contributed by atoms with van der Waals surface area (Å²) < 4.78 is 0. The molecule has 0 aliphatic heterocycles. The summed E-state index contributed by atoms with van der Waals surface area (Å²) >= 11 is 22.4. The van der Waals surface area contributed by atoms with Crippen LogP contribution in [0.3, 0.4) is 0 Å². The van der Waals surface area contributed by atoms with E-state index in [0.29, 0.717) is 15.7 Å². The van der Waals surface area contributed by atoms with Crippen molar-refractivity contribution in [1.82, 2.24) is 9.97 Å². The zero-order chi connectivity index (χ0) is 16.7. The van der Waals surface area contributed by atoms with E-state index in [1.165, 1.54) is 12.3 Å². The molecule has 0 saturated heterocycles. The minimum absolute atomic E-state index is 0. The summed E-state index contributed by atoms with van der Waals surface area (Å²) in [6.07, 6.45) is 3.69. The van der Waals surface area contributed by atoms with Gasteiger partial charge in [0.2, 0.25) is 0 Å². The molecule has 0 saturated carbocycles. The highest BCUT2D eigenvalue weighted by atomic mass is 35.5. The minimum Gasteiger partial charge on any atom is -0.393 e. The zero-order valence-electron chi connectivity index (χ0n) is 11.2. The van der Waals surface area contributed by atoms with Crippen LogP contribution in [0.15, 0.2) is 31.1 Å². The quantitative estimate of drug-likeness (QED) is 0.631. The molecule has 4 nitrogen and oxygen atoms in total. The van der Waals surface area contributed by atoms with Crippen molar-refractivity contribution in [1.29, 1.82) is 0 Å². The molecule has 0 spiro atoms. The fourth-order valence-electron chi connectivity index (χ4n) is 1.27. The van der Waals surface area contributed by atoms with E-state index in [4.69, 9.17) is 56.6 Å². The Kier molecular flexibility index (Phi) is 13.2. The van der Waals surface area contributed by atoms with Crippen molar-refractivity contribution in [3.05, 3.63) is 62.6 Å². The van der Waals surface area contributed by atoms with Crippen molar-refractivity contribution in [2.24, 2.45) is 0 Å². The summed E-state index contributed by atoms with van der Waals surface area (Å²) in [5.74, 6) is 0. The van der Waals surface area contributed by atoms with Gasteiger partial charge in [-0.1, -0.05) is 73.9 Å². The van der Waals surface area contributed by atoms with Gasteiger partial charge in [-0.3, -0.25) is 0 Å². The molecule has 2 aromatic rings. The Labute approximate surface area is 162 Å². The van der Waals surface area contributed by atoms with E-state index in [-0.39, 0.29) is 31.6 Å². The molecule has 24 heavy (non-hydrogen) atoms. The maximum Gasteiger partial charge on any atom is 0.147 e. The molecule has 0 aliphatic carbocycles. The zero-order valence-corrected chi connectivity index (χ0v) is 14.2. The molecule has 0 unspecified atom stereocenters. The van der Waals surface area contributed by atoms with Gasteiger partial charge in [-0.15, -0.1) is 0 Å². The number of rotatable bonds is 3. The molecule has 8 heteroatoms. The summed E-state index contributed by atoms with van der Waals surface area (Å²) in [5.41, 5.74) is 1.32. The molecule has 0 aromatic carbocycles. The maximum absolute atomic E-state index is 9.15. The Hall–Kier alpha value is -0.880. The summed E-state index contributed by atoms with van der Waals surface area (Å²) in [7, 11) is 0. The highest BCUT2D eigenvalue weighted by Crippen LogP contribution is 2.22. The predicted octanol–water partition coefficient (Wildman–Crippen LogP) is 5.72.